The molecule has 1 aromatic heterocycles. The Morgan fingerprint density at radius 1 is 1.24 bits per heavy atom. The van der Waals surface area contributed by atoms with E-state index >= 15 is 0 Å². The average Bonchev–Trinajstić information content (AvgIpc) is 2.47. The predicted molar refractivity (Wildman–Crippen MR) is 76.8 cm³/mol. The van der Waals surface area contributed by atoms with Crippen LogP contribution in [0.1, 0.15) is 15.9 Å². The van der Waals surface area contributed by atoms with Crippen molar-refractivity contribution >= 4 is 5.91 Å². The molecular formula is C16H15N3O2. The zero-order chi connectivity index (χ0) is 14.3. The predicted octanol–water partition coefficient (Wildman–Crippen LogP) is 1.42. The third kappa shape index (κ3) is 2.15. The fraction of sp³-hybridized carbons (Fsp3) is 0.250. The van der Waals surface area contributed by atoms with Gasteiger partial charge in [-0.3, -0.25) is 14.7 Å². The van der Waals surface area contributed by atoms with Gasteiger partial charge < -0.3 is 10.1 Å². The fourth-order valence-corrected chi connectivity index (χ4v) is 2.93. The monoisotopic (exact) mass is 281 g/mol. The highest BCUT2D eigenvalue weighted by molar-refractivity contribution is 5.98. The van der Waals surface area contributed by atoms with Crippen molar-refractivity contribution < 1.29 is 9.53 Å². The number of hydrogen-bond acceptors (Lipinski definition) is 4. The minimum absolute atomic E-state index is 0.0575. The molecule has 0 saturated carbocycles. The van der Waals surface area contributed by atoms with Gasteiger partial charge in [-0.1, -0.05) is 18.2 Å². The topological polar surface area (TPSA) is 54.5 Å². The first-order valence-electron chi connectivity index (χ1n) is 6.96. The van der Waals surface area contributed by atoms with Gasteiger partial charge in [0.05, 0.1) is 18.7 Å². The number of hydrogen-bond donors (Lipinski definition) is 1. The molecule has 0 aliphatic carbocycles. The van der Waals surface area contributed by atoms with Crippen molar-refractivity contribution in [3.63, 3.8) is 0 Å². The average molecular weight is 281 g/mol. The molecule has 1 spiro atoms. The lowest BCUT2D eigenvalue weighted by atomic mass is 9.99. The summed E-state index contributed by atoms with van der Waals surface area (Å²) >= 11 is 0. The first-order chi connectivity index (χ1) is 10.2. The molecule has 1 aromatic carbocycles. The molecule has 0 radical (unpaired) electrons. The van der Waals surface area contributed by atoms with E-state index in [4.69, 9.17) is 4.74 Å². The normalized spacial score (nSPS) is 19.3. The minimum Gasteiger partial charge on any atom is -0.464 e. The largest absolute Gasteiger partial charge is 0.464 e. The van der Waals surface area contributed by atoms with Gasteiger partial charge in [0, 0.05) is 18.9 Å². The van der Waals surface area contributed by atoms with Crippen molar-refractivity contribution in [3.8, 4) is 5.75 Å². The number of benzene rings is 1. The maximum Gasteiger partial charge on any atom is 0.258 e. The van der Waals surface area contributed by atoms with Crippen LogP contribution in [-0.4, -0.2) is 34.6 Å². The lowest BCUT2D eigenvalue weighted by Crippen LogP contribution is -2.74. The van der Waals surface area contributed by atoms with Crippen LogP contribution in [0.25, 0.3) is 0 Å². The molecule has 1 N–H and O–H groups in total. The van der Waals surface area contributed by atoms with Crippen LogP contribution in [0.15, 0.2) is 48.8 Å². The van der Waals surface area contributed by atoms with Crippen molar-refractivity contribution in [2.45, 2.75) is 12.3 Å². The van der Waals surface area contributed by atoms with Gasteiger partial charge in [-0.25, -0.2) is 0 Å². The third-order valence-electron chi connectivity index (χ3n) is 3.87. The number of pyridine rings is 1. The Morgan fingerprint density at radius 3 is 2.90 bits per heavy atom. The van der Waals surface area contributed by atoms with Crippen LogP contribution in [0, 0.1) is 0 Å². The highest BCUT2D eigenvalue weighted by Crippen LogP contribution is 2.33. The number of amides is 1. The molecule has 106 valence electrons. The van der Waals surface area contributed by atoms with Crippen LogP contribution in [-0.2, 0) is 6.54 Å². The number of para-hydroxylation sites is 1. The van der Waals surface area contributed by atoms with E-state index in [1.807, 2.05) is 36.5 Å². The molecule has 5 heteroatoms. The third-order valence-corrected chi connectivity index (χ3v) is 3.87. The zero-order valence-electron chi connectivity index (χ0n) is 11.5. The Bertz CT molecular complexity index is 681. The number of likely N-dealkylation sites (tertiary alicyclic amines) is 1. The standard InChI is InChI=1S/C16H15N3O2/c20-15-13-5-1-2-6-14(13)21-16(18-15)10-19(11-16)9-12-4-3-7-17-8-12/h1-8H,9-11H2,(H,18,20). The number of carbonyl (C=O) groups is 1. The minimum atomic E-state index is -0.576. The summed E-state index contributed by atoms with van der Waals surface area (Å²) in [5, 5.41) is 2.98. The summed E-state index contributed by atoms with van der Waals surface area (Å²) in [6, 6.07) is 11.3. The Balaban J connectivity index is 1.47. The number of carbonyl (C=O) groups excluding carboxylic acids is 1. The lowest BCUT2D eigenvalue weighted by molar-refractivity contribution is -0.102. The number of aromatic nitrogens is 1. The van der Waals surface area contributed by atoms with Gasteiger partial charge >= 0.3 is 0 Å². The number of rotatable bonds is 2. The van der Waals surface area contributed by atoms with Crippen molar-refractivity contribution in [2.24, 2.45) is 0 Å². The number of fused-ring (bicyclic) bond motifs is 1. The van der Waals surface area contributed by atoms with E-state index in [-0.39, 0.29) is 5.91 Å². The molecule has 1 amide bonds. The summed E-state index contributed by atoms with van der Waals surface area (Å²) in [4.78, 5) is 18.5. The van der Waals surface area contributed by atoms with E-state index in [2.05, 4.69) is 15.2 Å². The van der Waals surface area contributed by atoms with E-state index in [9.17, 15) is 4.79 Å². The molecule has 0 unspecified atom stereocenters. The van der Waals surface area contributed by atoms with Gasteiger partial charge in [0.1, 0.15) is 5.75 Å². The molecule has 1 saturated heterocycles. The van der Waals surface area contributed by atoms with E-state index < -0.39 is 5.72 Å². The smallest absolute Gasteiger partial charge is 0.258 e. The van der Waals surface area contributed by atoms with E-state index in [1.165, 1.54) is 0 Å². The first-order valence-corrected chi connectivity index (χ1v) is 6.96. The summed E-state index contributed by atoms with van der Waals surface area (Å²) in [5.74, 6) is 0.611. The van der Waals surface area contributed by atoms with Gasteiger partial charge in [-0.05, 0) is 23.8 Å². The molecule has 2 aliphatic rings. The summed E-state index contributed by atoms with van der Waals surface area (Å²) < 4.78 is 6.00. The Morgan fingerprint density at radius 2 is 2.10 bits per heavy atom. The molecule has 1 fully saturated rings. The molecule has 2 aromatic rings. The van der Waals surface area contributed by atoms with Gasteiger partial charge in [0.25, 0.3) is 5.91 Å². The van der Waals surface area contributed by atoms with E-state index in [0.29, 0.717) is 24.4 Å². The van der Waals surface area contributed by atoms with E-state index in [1.54, 1.807) is 12.3 Å². The zero-order valence-corrected chi connectivity index (χ0v) is 11.5. The van der Waals surface area contributed by atoms with Gasteiger partial charge in [-0.15, -0.1) is 0 Å². The number of nitrogens with one attached hydrogen (secondary N) is 1. The van der Waals surface area contributed by atoms with Crippen LogP contribution in [0.5, 0.6) is 5.75 Å². The number of ether oxygens (including phenoxy) is 1. The molecule has 5 nitrogen and oxygen atoms in total. The molecule has 2 aliphatic heterocycles. The second-order valence-electron chi connectivity index (χ2n) is 5.55. The summed E-state index contributed by atoms with van der Waals surface area (Å²) in [7, 11) is 0. The van der Waals surface area contributed by atoms with Crippen LogP contribution < -0.4 is 10.1 Å². The second kappa shape index (κ2) is 4.56. The molecule has 3 heterocycles. The number of nitrogens with zero attached hydrogens (tertiary/aromatic N) is 2. The van der Waals surface area contributed by atoms with Crippen LogP contribution in [0.4, 0.5) is 0 Å². The maximum absolute atomic E-state index is 12.1. The Labute approximate surface area is 122 Å². The SMILES string of the molecule is O=C1NC2(CN(Cc3cccnc3)C2)Oc2ccccc21. The summed E-state index contributed by atoms with van der Waals surface area (Å²) in [6.07, 6.45) is 3.63. The molecule has 21 heavy (non-hydrogen) atoms. The molecular weight excluding hydrogens is 266 g/mol. The van der Waals surface area contributed by atoms with Crippen molar-refractivity contribution in [2.75, 3.05) is 13.1 Å². The molecule has 0 bridgehead atoms. The summed E-state index contributed by atoms with van der Waals surface area (Å²) in [6.45, 7) is 2.18. The Hall–Kier alpha value is -2.40. The quantitative estimate of drug-likeness (QED) is 0.904. The van der Waals surface area contributed by atoms with Gasteiger partial charge in [0.2, 0.25) is 5.72 Å². The van der Waals surface area contributed by atoms with Crippen LogP contribution in [0.2, 0.25) is 0 Å². The molecule has 0 atom stereocenters. The highest BCUT2D eigenvalue weighted by atomic mass is 16.5. The van der Waals surface area contributed by atoms with Gasteiger partial charge in [-0.2, -0.15) is 0 Å². The maximum atomic E-state index is 12.1. The summed E-state index contributed by atoms with van der Waals surface area (Å²) in [5.41, 5.74) is 1.19. The van der Waals surface area contributed by atoms with Gasteiger partial charge in [0.15, 0.2) is 0 Å². The van der Waals surface area contributed by atoms with Crippen LogP contribution >= 0.6 is 0 Å². The fourth-order valence-electron chi connectivity index (χ4n) is 2.93. The van der Waals surface area contributed by atoms with Crippen LogP contribution in [0.3, 0.4) is 0 Å². The van der Waals surface area contributed by atoms with E-state index in [0.717, 1.165) is 12.1 Å². The Kier molecular flexibility index (Phi) is 2.68. The lowest BCUT2D eigenvalue weighted by Gasteiger charge is -2.51. The first kappa shape index (κ1) is 12.3. The molecule has 4 rings (SSSR count). The van der Waals surface area contributed by atoms with Crippen molar-refractivity contribution in [3.05, 3.63) is 59.9 Å². The second-order valence-corrected chi connectivity index (χ2v) is 5.55. The van der Waals surface area contributed by atoms with Crippen molar-refractivity contribution in [1.82, 2.24) is 15.2 Å². The van der Waals surface area contributed by atoms with Crippen molar-refractivity contribution in [1.29, 1.82) is 0 Å². The highest BCUT2D eigenvalue weighted by Gasteiger charge is 2.49.